The molecule has 1 aliphatic heterocycles. The van der Waals surface area contributed by atoms with Gasteiger partial charge in [0, 0.05) is 31.9 Å². The Balaban J connectivity index is 1.42. The average molecular weight is 315 g/mol. The van der Waals surface area contributed by atoms with Gasteiger partial charge in [-0.25, -0.2) is 4.98 Å². The lowest BCUT2D eigenvalue weighted by atomic mass is 10.2. The Bertz CT molecular complexity index is 670. The molecule has 7 nitrogen and oxygen atoms in total. The van der Waals surface area contributed by atoms with E-state index in [0.717, 1.165) is 43.7 Å². The van der Waals surface area contributed by atoms with Crippen LogP contribution < -0.4 is 5.32 Å². The molecule has 4 rings (SSSR count). The van der Waals surface area contributed by atoms with Crippen molar-refractivity contribution in [3.63, 3.8) is 0 Å². The van der Waals surface area contributed by atoms with Gasteiger partial charge in [-0.2, -0.15) is 4.98 Å². The van der Waals surface area contributed by atoms with Crippen molar-refractivity contribution in [2.24, 2.45) is 0 Å². The van der Waals surface area contributed by atoms with Gasteiger partial charge in [-0.15, -0.1) is 0 Å². The summed E-state index contributed by atoms with van der Waals surface area (Å²) in [6.45, 7) is 5.37. The van der Waals surface area contributed by atoms with Crippen LogP contribution in [0.4, 0.5) is 5.82 Å². The molecule has 1 saturated heterocycles. The number of anilines is 1. The van der Waals surface area contributed by atoms with Crippen molar-refractivity contribution >= 4 is 5.82 Å². The summed E-state index contributed by atoms with van der Waals surface area (Å²) in [5.41, 5.74) is 0.822. The van der Waals surface area contributed by atoms with E-state index in [1.54, 1.807) is 13.1 Å². The van der Waals surface area contributed by atoms with Gasteiger partial charge in [0.2, 0.25) is 0 Å². The monoisotopic (exact) mass is 315 g/mol. The number of nitrogens with one attached hydrogen (secondary N) is 1. The van der Waals surface area contributed by atoms with Gasteiger partial charge in [0.1, 0.15) is 5.82 Å². The third-order valence-electron chi connectivity index (χ3n) is 4.30. The topological polar surface area (TPSA) is 76.3 Å². The first-order valence-corrected chi connectivity index (χ1v) is 8.15. The number of hydrogen-bond acceptors (Lipinski definition) is 7. The fraction of sp³-hybridized carbons (Fsp3) is 0.562. The van der Waals surface area contributed by atoms with Crippen LogP contribution in [0.25, 0.3) is 11.5 Å². The van der Waals surface area contributed by atoms with Gasteiger partial charge in [-0.1, -0.05) is 5.16 Å². The molecule has 122 valence electrons. The van der Waals surface area contributed by atoms with E-state index in [2.05, 4.69) is 25.3 Å². The Morgan fingerprint density at radius 1 is 1.39 bits per heavy atom. The van der Waals surface area contributed by atoms with Crippen LogP contribution in [-0.4, -0.2) is 58.4 Å². The van der Waals surface area contributed by atoms with Crippen molar-refractivity contribution in [3.05, 3.63) is 24.2 Å². The number of aromatic nitrogens is 3. The summed E-state index contributed by atoms with van der Waals surface area (Å²) in [6, 6.07) is 4.58. The molecule has 3 heterocycles. The summed E-state index contributed by atoms with van der Waals surface area (Å²) in [5.74, 6) is 1.86. The van der Waals surface area contributed by atoms with Gasteiger partial charge in [-0.3, -0.25) is 4.90 Å². The van der Waals surface area contributed by atoms with Crippen LogP contribution in [0.3, 0.4) is 0 Å². The highest BCUT2D eigenvalue weighted by atomic mass is 16.5. The van der Waals surface area contributed by atoms with E-state index in [0.29, 0.717) is 11.7 Å². The van der Waals surface area contributed by atoms with E-state index in [1.807, 2.05) is 12.1 Å². The van der Waals surface area contributed by atoms with Gasteiger partial charge in [-0.05, 0) is 31.9 Å². The summed E-state index contributed by atoms with van der Waals surface area (Å²) >= 11 is 0. The number of aryl methyl sites for hydroxylation is 1. The second-order valence-corrected chi connectivity index (χ2v) is 6.15. The van der Waals surface area contributed by atoms with Crippen LogP contribution in [0, 0.1) is 6.92 Å². The van der Waals surface area contributed by atoms with Crippen molar-refractivity contribution in [1.29, 1.82) is 0 Å². The molecule has 0 radical (unpaired) electrons. The molecule has 2 aliphatic rings. The van der Waals surface area contributed by atoms with Gasteiger partial charge in [0.15, 0.2) is 5.82 Å². The highest BCUT2D eigenvalue weighted by Gasteiger charge is 2.32. The molecule has 1 unspecified atom stereocenters. The first-order valence-electron chi connectivity index (χ1n) is 8.15. The summed E-state index contributed by atoms with van der Waals surface area (Å²) < 4.78 is 11.1. The van der Waals surface area contributed by atoms with Crippen LogP contribution in [0.5, 0.6) is 0 Å². The second kappa shape index (κ2) is 6.25. The number of pyridine rings is 1. The fourth-order valence-electron chi connectivity index (χ4n) is 2.97. The van der Waals surface area contributed by atoms with Crippen LogP contribution >= 0.6 is 0 Å². The van der Waals surface area contributed by atoms with Crippen molar-refractivity contribution < 1.29 is 9.26 Å². The highest BCUT2D eigenvalue weighted by Crippen LogP contribution is 2.28. The SMILES string of the molecule is Cc1noc(-c2cccnc2NCC2CN(C3CC3)CCO2)n1. The molecule has 2 fully saturated rings. The lowest BCUT2D eigenvalue weighted by Gasteiger charge is -2.33. The van der Waals surface area contributed by atoms with Crippen LogP contribution in [0.15, 0.2) is 22.9 Å². The van der Waals surface area contributed by atoms with Crippen molar-refractivity contribution in [3.8, 4) is 11.5 Å². The molecule has 0 amide bonds. The Labute approximate surface area is 135 Å². The standard InChI is InChI=1S/C16H21N5O2/c1-11-19-16(23-20-11)14-3-2-6-17-15(14)18-9-13-10-21(7-8-22-13)12-4-5-12/h2-3,6,12-13H,4-5,7-10H2,1H3,(H,17,18). The molecule has 1 saturated carbocycles. The predicted molar refractivity (Wildman–Crippen MR) is 85.1 cm³/mol. The summed E-state index contributed by atoms with van der Waals surface area (Å²) in [4.78, 5) is 11.2. The van der Waals surface area contributed by atoms with Crippen molar-refractivity contribution in [2.45, 2.75) is 31.9 Å². The predicted octanol–water partition coefficient (Wildman–Crippen LogP) is 1.72. The lowest BCUT2D eigenvalue weighted by molar-refractivity contribution is -0.0241. The van der Waals surface area contributed by atoms with Crippen LogP contribution in [-0.2, 0) is 4.74 Å². The largest absolute Gasteiger partial charge is 0.374 e. The van der Waals surface area contributed by atoms with Gasteiger partial charge >= 0.3 is 0 Å². The molecule has 0 spiro atoms. The molecular formula is C16H21N5O2. The maximum absolute atomic E-state index is 5.87. The summed E-state index contributed by atoms with van der Waals surface area (Å²) in [6.07, 6.45) is 4.61. The van der Waals surface area contributed by atoms with Crippen molar-refractivity contribution in [1.82, 2.24) is 20.0 Å². The number of rotatable bonds is 5. The zero-order valence-electron chi connectivity index (χ0n) is 13.2. The maximum Gasteiger partial charge on any atom is 0.261 e. The molecule has 0 aromatic carbocycles. The third-order valence-corrected chi connectivity index (χ3v) is 4.30. The minimum atomic E-state index is 0.184. The Morgan fingerprint density at radius 3 is 3.09 bits per heavy atom. The molecular weight excluding hydrogens is 294 g/mol. The fourth-order valence-corrected chi connectivity index (χ4v) is 2.97. The molecule has 23 heavy (non-hydrogen) atoms. The molecule has 1 atom stereocenters. The zero-order valence-corrected chi connectivity index (χ0v) is 13.2. The number of ether oxygens (including phenoxy) is 1. The first-order chi connectivity index (χ1) is 11.3. The molecule has 7 heteroatoms. The highest BCUT2D eigenvalue weighted by molar-refractivity contribution is 5.68. The van der Waals surface area contributed by atoms with E-state index < -0.39 is 0 Å². The molecule has 1 aliphatic carbocycles. The van der Waals surface area contributed by atoms with Gasteiger partial charge in [0.25, 0.3) is 5.89 Å². The molecule has 2 aromatic rings. The zero-order chi connectivity index (χ0) is 15.6. The van der Waals surface area contributed by atoms with Crippen molar-refractivity contribution in [2.75, 3.05) is 31.6 Å². The number of nitrogens with zero attached hydrogens (tertiary/aromatic N) is 4. The Hall–Kier alpha value is -1.99. The van der Waals surface area contributed by atoms with Gasteiger partial charge in [0.05, 0.1) is 18.3 Å². The minimum Gasteiger partial charge on any atom is -0.374 e. The van der Waals surface area contributed by atoms with E-state index in [9.17, 15) is 0 Å². The van der Waals surface area contributed by atoms with Crippen LogP contribution in [0.2, 0.25) is 0 Å². The van der Waals surface area contributed by atoms with E-state index in [1.165, 1.54) is 12.8 Å². The summed E-state index contributed by atoms with van der Waals surface area (Å²) in [7, 11) is 0. The molecule has 1 N–H and O–H groups in total. The first kappa shape index (κ1) is 14.6. The Morgan fingerprint density at radius 2 is 2.30 bits per heavy atom. The smallest absolute Gasteiger partial charge is 0.261 e. The summed E-state index contributed by atoms with van der Waals surface area (Å²) in [5, 5.41) is 7.23. The molecule has 2 aromatic heterocycles. The normalized spacial score (nSPS) is 22.2. The Kier molecular flexibility index (Phi) is 3.97. The quantitative estimate of drug-likeness (QED) is 0.900. The average Bonchev–Trinajstić information content (AvgIpc) is 3.35. The van der Waals surface area contributed by atoms with E-state index in [-0.39, 0.29) is 6.10 Å². The minimum absolute atomic E-state index is 0.184. The maximum atomic E-state index is 5.87. The third kappa shape index (κ3) is 3.35. The molecule has 0 bridgehead atoms. The number of morpholine rings is 1. The second-order valence-electron chi connectivity index (χ2n) is 6.15. The van der Waals surface area contributed by atoms with Crippen LogP contribution in [0.1, 0.15) is 18.7 Å². The van der Waals surface area contributed by atoms with E-state index >= 15 is 0 Å². The lowest BCUT2D eigenvalue weighted by Crippen LogP contribution is -2.46. The van der Waals surface area contributed by atoms with Gasteiger partial charge < -0.3 is 14.6 Å². The number of hydrogen-bond donors (Lipinski definition) is 1. The van der Waals surface area contributed by atoms with E-state index in [4.69, 9.17) is 9.26 Å².